The Hall–Kier alpha value is -3.96. The van der Waals surface area contributed by atoms with Crippen LogP contribution in [-0.2, 0) is 28.8 Å². The van der Waals surface area contributed by atoms with E-state index in [9.17, 15) is 24.0 Å². The van der Waals surface area contributed by atoms with Gasteiger partial charge in [-0.25, -0.2) is 0 Å². The number of nitrogens with one attached hydrogen (secondary N) is 3. The molecule has 2 saturated carbocycles. The molecule has 1 spiro atoms. The molecule has 4 atom stereocenters. The summed E-state index contributed by atoms with van der Waals surface area (Å²) in [6.45, 7) is 9.68. The first-order valence-electron chi connectivity index (χ1n) is 18.2. The minimum Gasteiger partial charge on any atom is -0.496 e. The first-order chi connectivity index (χ1) is 23.6. The van der Waals surface area contributed by atoms with Gasteiger partial charge in [0.2, 0.25) is 23.5 Å². The number of benzene rings is 1. The lowest BCUT2D eigenvalue weighted by Gasteiger charge is -2.36. The van der Waals surface area contributed by atoms with Crippen LogP contribution in [0.15, 0.2) is 17.3 Å². The highest BCUT2D eigenvalue weighted by atomic mass is 16.7. The number of carbonyl (C=O) groups excluding carboxylic acids is 5. The molecule has 0 radical (unpaired) electrons. The van der Waals surface area contributed by atoms with E-state index in [1.54, 1.807) is 7.11 Å². The summed E-state index contributed by atoms with van der Waals surface area (Å²) in [6.07, 6.45) is 8.45. The second-order valence-corrected chi connectivity index (χ2v) is 16.1. The monoisotopic (exact) mass is 693 g/mol. The van der Waals surface area contributed by atoms with Gasteiger partial charge in [0.1, 0.15) is 17.8 Å². The number of amides is 4. The quantitative estimate of drug-likeness (QED) is 0.281. The van der Waals surface area contributed by atoms with Crippen molar-refractivity contribution in [2.75, 3.05) is 20.7 Å². The lowest BCUT2D eigenvalue weighted by Crippen LogP contribution is -2.59. The van der Waals surface area contributed by atoms with Gasteiger partial charge in [-0.05, 0) is 73.6 Å². The van der Waals surface area contributed by atoms with Gasteiger partial charge in [0.25, 0.3) is 5.91 Å². The van der Waals surface area contributed by atoms with Gasteiger partial charge in [-0.3, -0.25) is 24.0 Å². The zero-order valence-electron chi connectivity index (χ0n) is 30.8. The van der Waals surface area contributed by atoms with E-state index in [4.69, 9.17) is 9.57 Å². The smallest absolute Gasteiger partial charge is 0.289 e. The van der Waals surface area contributed by atoms with Gasteiger partial charge in [0.15, 0.2) is 5.60 Å². The number of rotatable bonds is 12. The fraction of sp³-hybridized carbons (Fsp3) is 0.684. The van der Waals surface area contributed by atoms with Crippen LogP contribution in [-0.4, -0.2) is 84.5 Å². The number of nitrogens with zero attached hydrogens (tertiary/aromatic N) is 2. The summed E-state index contributed by atoms with van der Waals surface area (Å²) in [5.41, 5.74) is 1.79. The van der Waals surface area contributed by atoms with Crippen molar-refractivity contribution in [3.8, 4) is 5.75 Å². The summed E-state index contributed by atoms with van der Waals surface area (Å²) in [4.78, 5) is 75.3. The number of methoxy groups -OCH3 is 1. The number of oxime groups is 1. The van der Waals surface area contributed by atoms with Gasteiger partial charge in [-0.1, -0.05) is 58.0 Å². The van der Waals surface area contributed by atoms with Crippen molar-refractivity contribution >= 4 is 35.1 Å². The third-order valence-corrected chi connectivity index (χ3v) is 10.8. The van der Waals surface area contributed by atoms with E-state index in [2.05, 4.69) is 21.1 Å². The number of carbonyl (C=O) groups is 5. The Balaban J connectivity index is 1.41. The minimum absolute atomic E-state index is 0.0623. The Bertz CT molecular complexity index is 1500. The number of ether oxygens (including phenoxy) is 1. The molecule has 2 aliphatic heterocycles. The van der Waals surface area contributed by atoms with Crippen molar-refractivity contribution < 1.29 is 33.5 Å². The van der Waals surface area contributed by atoms with Crippen LogP contribution >= 0.6 is 0 Å². The van der Waals surface area contributed by atoms with E-state index < -0.39 is 52.6 Å². The molecule has 2 aliphatic carbocycles. The van der Waals surface area contributed by atoms with E-state index in [0.717, 1.165) is 61.0 Å². The Morgan fingerprint density at radius 2 is 1.66 bits per heavy atom. The molecule has 2 heterocycles. The molecule has 0 bridgehead atoms. The minimum atomic E-state index is -1.02. The Morgan fingerprint density at radius 3 is 2.24 bits per heavy atom. The van der Waals surface area contributed by atoms with Crippen molar-refractivity contribution in [2.45, 2.75) is 129 Å². The zero-order chi connectivity index (χ0) is 36.4. The summed E-state index contributed by atoms with van der Waals surface area (Å²) in [7, 11) is 3.02. The molecule has 3 N–H and O–H groups in total. The third kappa shape index (κ3) is 8.49. The fourth-order valence-corrected chi connectivity index (χ4v) is 7.88. The van der Waals surface area contributed by atoms with Crippen LogP contribution in [0.2, 0.25) is 0 Å². The maximum Gasteiger partial charge on any atom is 0.289 e. The first-order valence-corrected chi connectivity index (χ1v) is 18.2. The number of hydrogen-bond acceptors (Lipinski definition) is 8. The van der Waals surface area contributed by atoms with Crippen LogP contribution < -0.4 is 20.7 Å². The lowest BCUT2D eigenvalue weighted by molar-refractivity contribution is -0.145. The summed E-state index contributed by atoms with van der Waals surface area (Å²) < 4.78 is 5.55. The van der Waals surface area contributed by atoms with Crippen molar-refractivity contribution in [1.29, 1.82) is 0 Å². The van der Waals surface area contributed by atoms with E-state index in [0.29, 0.717) is 30.9 Å². The standard InChI is InChI=1S/C38H55N5O7/c1-22-15-26(16-23(2)32(22)49-7)28-19-38(50-42-28)20-29(34(46)40-27(17-25-13-14-25)31(45)35(47)39-6)43(21-38)36(48)33(37(3,4)5)41-30(44)18-24-11-9-8-10-12-24/h15-16,24-25,27,29,33H,8-14,17-21H2,1-7H3,(H,39,47)(H,40,46)(H,41,44)/t27-,29-,33+,38+/m0/s1. The molecule has 1 aromatic carbocycles. The highest BCUT2D eigenvalue weighted by molar-refractivity contribution is 6.38. The zero-order valence-corrected chi connectivity index (χ0v) is 30.8. The van der Waals surface area contributed by atoms with Crippen molar-refractivity contribution in [2.24, 2.45) is 22.4 Å². The van der Waals surface area contributed by atoms with Gasteiger partial charge in [0, 0.05) is 31.9 Å². The van der Waals surface area contributed by atoms with E-state index in [1.807, 2.05) is 46.8 Å². The molecule has 0 unspecified atom stereocenters. The highest BCUT2D eigenvalue weighted by Crippen LogP contribution is 2.41. The summed E-state index contributed by atoms with van der Waals surface area (Å²) in [5, 5.41) is 12.7. The third-order valence-electron chi connectivity index (χ3n) is 10.8. The van der Waals surface area contributed by atoms with Crippen molar-refractivity contribution in [1.82, 2.24) is 20.9 Å². The molecule has 12 nitrogen and oxygen atoms in total. The predicted octanol–water partition coefficient (Wildman–Crippen LogP) is 3.88. The molecule has 12 heteroatoms. The number of likely N-dealkylation sites (tertiary alicyclic amines) is 1. The number of Topliss-reactive ketones (excluding diaryl/α,β-unsaturated/α-hetero) is 1. The molecule has 4 aliphatic rings. The lowest BCUT2D eigenvalue weighted by atomic mass is 9.84. The van der Waals surface area contributed by atoms with Crippen LogP contribution in [0.4, 0.5) is 0 Å². The second kappa shape index (κ2) is 15.1. The molecule has 0 aromatic heterocycles. The summed E-state index contributed by atoms with van der Waals surface area (Å²) in [6, 6.07) is 1.03. The highest BCUT2D eigenvalue weighted by Gasteiger charge is 2.56. The van der Waals surface area contributed by atoms with Gasteiger partial charge in [0.05, 0.1) is 25.4 Å². The van der Waals surface area contributed by atoms with Gasteiger partial charge in [-0.15, -0.1) is 0 Å². The van der Waals surface area contributed by atoms with Crippen LogP contribution in [0.3, 0.4) is 0 Å². The Kier molecular flexibility index (Phi) is 11.3. The predicted molar refractivity (Wildman–Crippen MR) is 188 cm³/mol. The first kappa shape index (κ1) is 37.3. The topological polar surface area (TPSA) is 156 Å². The Labute approximate surface area is 295 Å². The summed E-state index contributed by atoms with van der Waals surface area (Å²) in [5.74, 6) is -1.25. The number of ketones is 1. The van der Waals surface area contributed by atoms with Gasteiger partial charge in [-0.2, -0.15) is 0 Å². The largest absolute Gasteiger partial charge is 0.496 e. The van der Waals surface area contributed by atoms with Crippen LogP contribution in [0, 0.1) is 31.1 Å². The number of likely N-dealkylation sites (N-methyl/N-ethyl adjacent to an activating group) is 1. The second-order valence-electron chi connectivity index (χ2n) is 16.1. The Morgan fingerprint density at radius 1 is 1.00 bits per heavy atom. The molecular formula is C38H55N5O7. The number of aryl methyl sites for hydroxylation is 2. The van der Waals surface area contributed by atoms with Gasteiger partial charge < -0.3 is 30.4 Å². The average Bonchev–Trinajstić information content (AvgIpc) is 3.67. The van der Waals surface area contributed by atoms with Crippen molar-refractivity contribution in [3.63, 3.8) is 0 Å². The fourth-order valence-electron chi connectivity index (χ4n) is 7.88. The van der Waals surface area contributed by atoms with Crippen LogP contribution in [0.25, 0.3) is 0 Å². The molecule has 3 fully saturated rings. The van der Waals surface area contributed by atoms with Crippen LogP contribution in [0.5, 0.6) is 5.75 Å². The molecular weight excluding hydrogens is 638 g/mol. The van der Waals surface area contributed by atoms with Crippen LogP contribution in [0.1, 0.15) is 108 Å². The maximum absolute atomic E-state index is 14.6. The van der Waals surface area contributed by atoms with E-state index >= 15 is 0 Å². The molecule has 4 amide bonds. The molecule has 1 aromatic rings. The van der Waals surface area contributed by atoms with Gasteiger partial charge >= 0.3 is 0 Å². The summed E-state index contributed by atoms with van der Waals surface area (Å²) >= 11 is 0. The molecule has 5 rings (SSSR count). The average molecular weight is 694 g/mol. The van der Waals surface area contributed by atoms with E-state index in [1.165, 1.54) is 18.4 Å². The number of hydrogen-bond donors (Lipinski definition) is 3. The van der Waals surface area contributed by atoms with Crippen molar-refractivity contribution in [3.05, 3.63) is 28.8 Å². The molecule has 50 heavy (non-hydrogen) atoms. The molecule has 1 saturated heterocycles. The maximum atomic E-state index is 14.6. The van der Waals surface area contributed by atoms with E-state index in [-0.39, 0.29) is 24.8 Å². The normalized spacial score (nSPS) is 23.5. The molecule has 274 valence electrons. The SMILES string of the molecule is CNC(=O)C(=O)[C@H](CC1CC1)NC(=O)[C@@H]1C[C@]2(CC(c3cc(C)c(OC)c(C)c3)=NO2)CN1C(=O)[C@@H](NC(=O)CC1CCCCC1)C(C)(C)C.